The van der Waals surface area contributed by atoms with Gasteiger partial charge in [0.1, 0.15) is 6.29 Å². The van der Waals surface area contributed by atoms with Crippen LogP contribution in [-0.4, -0.2) is 31.6 Å². The fourth-order valence-corrected chi connectivity index (χ4v) is 4.42. The summed E-state index contributed by atoms with van der Waals surface area (Å²) in [5, 5.41) is 0. The molecular weight excluding hydrogens is 274 g/mol. The van der Waals surface area contributed by atoms with Crippen molar-refractivity contribution in [1.82, 2.24) is 4.31 Å². The first-order chi connectivity index (χ1) is 9.55. The third-order valence-electron chi connectivity index (χ3n) is 3.83. The van der Waals surface area contributed by atoms with Gasteiger partial charge in [0.2, 0.25) is 10.0 Å². The third kappa shape index (κ3) is 3.27. The second-order valence-corrected chi connectivity index (χ2v) is 7.21. The molecule has 0 aromatic heterocycles. The highest BCUT2D eigenvalue weighted by molar-refractivity contribution is 7.89. The van der Waals surface area contributed by atoms with E-state index in [2.05, 4.69) is 0 Å². The van der Waals surface area contributed by atoms with Crippen molar-refractivity contribution < 1.29 is 13.2 Å². The van der Waals surface area contributed by atoms with E-state index < -0.39 is 10.0 Å². The Morgan fingerprint density at radius 1 is 1.20 bits per heavy atom. The van der Waals surface area contributed by atoms with Gasteiger partial charge in [-0.15, -0.1) is 0 Å². The van der Waals surface area contributed by atoms with Gasteiger partial charge in [0.05, 0.1) is 4.90 Å². The molecular formula is C15H21NO3S. The highest BCUT2D eigenvalue weighted by Crippen LogP contribution is 2.28. The van der Waals surface area contributed by atoms with Crippen LogP contribution in [-0.2, 0) is 14.8 Å². The van der Waals surface area contributed by atoms with Crippen molar-refractivity contribution in [3.8, 4) is 0 Å². The van der Waals surface area contributed by atoms with Gasteiger partial charge in [-0.2, -0.15) is 4.31 Å². The van der Waals surface area contributed by atoms with Crippen LogP contribution in [0.15, 0.2) is 29.2 Å². The van der Waals surface area contributed by atoms with E-state index in [1.807, 2.05) is 6.92 Å². The third-order valence-corrected chi connectivity index (χ3v) is 5.79. The van der Waals surface area contributed by atoms with Gasteiger partial charge in [-0.1, -0.05) is 30.5 Å². The van der Waals surface area contributed by atoms with Gasteiger partial charge in [-0.3, -0.25) is 0 Å². The molecule has 1 saturated carbocycles. The topological polar surface area (TPSA) is 54.5 Å². The molecule has 110 valence electrons. The van der Waals surface area contributed by atoms with Gasteiger partial charge >= 0.3 is 0 Å². The summed E-state index contributed by atoms with van der Waals surface area (Å²) in [7, 11) is -3.50. The van der Waals surface area contributed by atoms with Crippen molar-refractivity contribution in [1.29, 1.82) is 0 Å². The molecule has 1 fully saturated rings. The maximum atomic E-state index is 12.7. The number of hydrogen-bond acceptors (Lipinski definition) is 3. The Labute approximate surface area is 120 Å². The molecule has 1 aliphatic rings. The van der Waals surface area contributed by atoms with Gasteiger partial charge < -0.3 is 4.79 Å². The molecule has 0 atom stereocenters. The summed E-state index contributed by atoms with van der Waals surface area (Å²) in [6.45, 7) is 2.21. The van der Waals surface area contributed by atoms with Crippen LogP contribution < -0.4 is 0 Å². The molecule has 0 saturated heterocycles. The molecule has 1 aliphatic carbocycles. The zero-order chi connectivity index (χ0) is 14.6. The van der Waals surface area contributed by atoms with Crippen LogP contribution in [0, 0.1) is 6.92 Å². The van der Waals surface area contributed by atoms with Gasteiger partial charge in [0.25, 0.3) is 0 Å². The summed E-state index contributed by atoms with van der Waals surface area (Å²) in [6, 6.07) is 6.95. The van der Waals surface area contributed by atoms with E-state index in [4.69, 9.17) is 0 Å². The molecule has 0 heterocycles. The fourth-order valence-electron chi connectivity index (χ4n) is 2.72. The van der Waals surface area contributed by atoms with Gasteiger partial charge in [0, 0.05) is 19.0 Å². The highest BCUT2D eigenvalue weighted by Gasteiger charge is 2.32. The lowest BCUT2D eigenvalue weighted by Crippen LogP contribution is -2.39. The number of aldehydes is 1. The Kier molecular flexibility index (Phi) is 4.94. The molecule has 0 amide bonds. The number of rotatable bonds is 6. The molecule has 20 heavy (non-hydrogen) atoms. The predicted octanol–water partition coefficient (Wildman–Crippen LogP) is 2.52. The van der Waals surface area contributed by atoms with E-state index in [1.54, 1.807) is 24.3 Å². The van der Waals surface area contributed by atoms with Crippen LogP contribution in [0.5, 0.6) is 0 Å². The predicted molar refractivity (Wildman–Crippen MR) is 78.0 cm³/mol. The molecule has 0 aliphatic heterocycles. The van der Waals surface area contributed by atoms with E-state index in [-0.39, 0.29) is 19.0 Å². The van der Waals surface area contributed by atoms with Crippen LogP contribution in [0.2, 0.25) is 0 Å². The van der Waals surface area contributed by atoms with Gasteiger partial charge in [-0.25, -0.2) is 8.42 Å². The van der Waals surface area contributed by atoms with Crippen LogP contribution in [0.1, 0.15) is 37.7 Å². The van der Waals surface area contributed by atoms with E-state index in [1.165, 1.54) is 4.31 Å². The van der Waals surface area contributed by atoms with Crippen molar-refractivity contribution in [3.63, 3.8) is 0 Å². The largest absolute Gasteiger partial charge is 0.303 e. The minimum atomic E-state index is -3.50. The number of carbonyl (C=O) groups is 1. The fraction of sp³-hybridized carbons (Fsp3) is 0.533. The van der Waals surface area contributed by atoms with Gasteiger partial charge in [-0.05, 0) is 31.9 Å². The van der Waals surface area contributed by atoms with Crippen molar-refractivity contribution in [2.45, 2.75) is 50.0 Å². The molecule has 2 rings (SSSR count). The maximum absolute atomic E-state index is 12.7. The zero-order valence-electron chi connectivity index (χ0n) is 11.8. The van der Waals surface area contributed by atoms with Gasteiger partial charge in [0.15, 0.2) is 0 Å². The van der Waals surface area contributed by atoms with E-state index >= 15 is 0 Å². The molecule has 0 spiro atoms. The van der Waals surface area contributed by atoms with Crippen molar-refractivity contribution in [2.75, 3.05) is 6.54 Å². The Hall–Kier alpha value is -1.20. The summed E-state index contributed by atoms with van der Waals surface area (Å²) < 4.78 is 27.0. The number of hydrogen-bond donors (Lipinski definition) is 0. The Bertz CT molecular complexity index is 545. The van der Waals surface area contributed by atoms with Crippen molar-refractivity contribution >= 4 is 16.3 Å². The lowest BCUT2D eigenvalue weighted by atomic mass is 10.2. The normalized spacial score (nSPS) is 16.7. The minimum absolute atomic E-state index is 0.0428. The number of aryl methyl sites for hydroxylation is 1. The van der Waals surface area contributed by atoms with E-state index in [0.29, 0.717) is 4.90 Å². The summed E-state index contributed by atoms with van der Waals surface area (Å²) in [5.41, 5.74) is 1.03. The first-order valence-electron chi connectivity index (χ1n) is 7.08. The summed E-state index contributed by atoms with van der Waals surface area (Å²) in [5.74, 6) is 0. The molecule has 1 aromatic rings. The van der Waals surface area contributed by atoms with Crippen molar-refractivity contribution in [2.24, 2.45) is 0 Å². The summed E-state index contributed by atoms with van der Waals surface area (Å²) in [4.78, 5) is 10.9. The molecule has 5 heteroatoms. The average Bonchev–Trinajstić information content (AvgIpc) is 2.93. The van der Waals surface area contributed by atoms with Crippen LogP contribution in [0.4, 0.5) is 0 Å². The number of nitrogens with zero attached hydrogens (tertiary/aromatic N) is 1. The summed E-state index contributed by atoms with van der Waals surface area (Å²) >= 11 is 0. The van der Waals surface area contributed by atoms with Crippen LogP contribution in [0.25, 0.3) is 0 Å². The summed E-state index contributed by atoms with van der Waals surface area (Å²) in [6.07, 6.45) is 4.94. The molecule has 1 aromatic carbocycles. The second kappa shape index (κ2) is 6.50. The number of carbonyl (C=O) groups excluding carboxylic acids is 1. The van der Waals surface area contributed by atoms with E-state index in [0.717, 1.165) is 37.5 Å². The molecule has 4 nitrogen and oxygen atoms in total. The lowest BCUT2D eigenvalue weighted by Gasteiger charge is -2.27. The maximum Gasteiger partial charge on any atom is 0.243 e. The first kappa shape index (κ1) is 15.2. The van der Waals surface area contributed by atoms with E-state index in [9.17, 15) is 13.2 Å². The highest BCUT2D eigenvalue weighted by atomic mass is 32.2. The quantitative estimate of drug-likeness (QED) is 0.758. The smallest absolute Gasteiger partial charge is 0.243 e. The second-order valence-electron chi connectivity index (χ2n) is 5.32. The molecule has 0 bridgehead atoms. The lowest BCUT2D eigenvalue weighted by molar-refractivity contribution is -0.108. The van der Waals surface area contributed by atoms with Crippen molar-refractivity contribution in [3.05, 3.63) is 29.8 Å². The SMILES string of the molecule is Cc1ccc(S(=O)(=O)N(CCC=O)C2CCCC2)cc1. The van der Waals surface area contributed by atoms with Crippen LogP contribution in [0.3, 0.4) is 0 Å². The standard InChI is InChI=1S/C15H21NO3S/c1-13-7-9-15(10-8-13)20(18,19)16(11-4-12-17)14-5-2-3-6-14/h7-10,12,14H,2-6,11H2,1H3. The first-order valence-corrected chi connectivity index (χ1v) is 8.52. The molecule has 0 N–H and O–H groups in total. The molecule has 0 unspecified atom stereocenters. The van der Waals surface area contributed by atoms with Crippen LogP contribution >= 0.6 is 0 Å². The Morgan fingerprint density at radius 3 is 2.35 bits per heavy atom. The molecule has 0 radical (unpaired) electrons. The average molecular weight is 295 g/mol. The monoisotopic (exact) mass is 295 g/mol. The Balaban J connectivity index is 2.29. The zero-order valence-corrected chi connectivity index (χ0v) is 12.6. The minimum Gasteiger partial charge on any atom is -0.303 e. The Morgan fingerprint density at radius 2 is 1.80 bits per heavy atom. The number of benzene rings is 1. The number of sulfonamides is 1.